The van der Waals surface area contributed by atoms with Crippen molar-refractivity contribution in [2.45, 2.75) is 11.8 Å². The largest absolute Gasteiger partial charge is 0.364 e. The molecule has 146 valence electrons. The molecule has 0 aliphatic carbocycles. The second-order valence-corrected chi connectivity index (χ2v) is 7.45. The van der Waals surface area contributed by atoms with Gasteiger partial charge in [-0.25, -0.2) is 0 Å². The lowest BCUT2D eigenvalue weighted by Gasteiger charge is -2.21. The number of aromatic nitrogens is 3. The molecule has 0 saturated carbocycles. The summed E-state index contributed by atoms with van der Waals surface area (Å²) in [6.07, 6.45) is 5.89. The van der Waals surface area contributed by atoms with Crippen LogP contribution in [-0.2, 0) is 0 Å². The second kappa shape index (κ2) is 8.26. The maximum Gasteiger partial charge on any atom is 0.0663 e. The highest BCUT2D eigenvalue weighted by Crippen LogP contribution is 2.35. The number of pyridine rings is 1. The molecular formula is C27H23N3. The molecule has 0 radical (unpaired) electrons. The zero-order valence-corrected chi connectivity index (χ0v) is 16.6. The van der Waals surface area contributed by atoms with Gasteiger partial charge in [0.25, 0.3) is 0 Å². The molecule has 0 saturated heterocycles. The van der Waals surface area contributed by atoms with Crippen molar-refractivity contribution in [1.82, 2.24) is 15.0 Å². The van der Waals surface area contributed by atoms with Crippen LogP contribution >= 0.6 is 0 Å². The van der Waals surface area contributed by atoms with E-state index in [1.165, 1.54) is 22.4 Å². The van der Waals surface area contributed by atoms with E-state index in [2.05, 4.69) is 101 Å². The number of aromatic amines is 2. The summed E-state index contributed by atoms with van der Waals surface area (Å²) in [5, 5.41) is 0. The molecule has 0 fully saturated rings. The molecule has 3 nitrogen and oxygen atoms in total. The summed E-state index contributed by atoms with van der Waals surface area (Å²) in [5.74, 6) is 0.184. The highest BCUT2D eigenvalue weighted by atomic mass is 14.7. The first-order valence-electron chi connectivity index (χ1n) is 10.2. The molecule has 5 aromatic rings. The topological polar surface area (TPSA) is 44.5 Å². The van der Waals surface area contributed by atoms with Crippen molar-refractivity contribution in [2.24, 2.45) is 0 Å². The minimum absolute atomic E-state index is 0.0567. The van der Waals surface area contributed by atoms with E-state index in [0.29, 0.717) is 0 Å². The Morgan fingerprint density at radius 2 is 1.10 bits per heavy atom. The van der Waals surface area contributed by atoms with Crippen LogP contribution in [0.4, 0.5) is 0 Å². The Hall–Kier alpha value is -3.85. The van der Waals surface area contributed by atoms with E-state index in [4.69, 9.17) is 4.98 Å². The van der Waals surface area contributed by atoms with Crippen molar-refractivity contribution in [3.05, 3.63) is 149 Å². The zero-order valence-electron chi connectivity index (χ0n) is 16.6. The first-order valence-corrected chi connectivity index (χ1v) is 10.2. The Labute approximate surface area is 176 Å². The normalized spacial score (nSPS) is 13.1. The molecule has 2 N–H and O–H groups in total. The number of hydrogen-bond donors (Lipinski definition) is 2. The van der Waals surface area contributed by atoms with Crippen molar-refractivity contribution >= 4 is 0 Å². The van der Waals surface area contributed by atoms with Gasteiger partial charge in [-0.3, -0.25) is 4.98 Å². The van der Waals surface area contributed by atoms with Crippen LogP contribution in [0.25, 0.3) is 0 Å². The standard InChI is InChI=1S/C27H23N3/c1-3-9-20(10-4-1)26(23-13-7-16-28-23)22-15-18-30-25(19-22)27(24-14-8-17-29-24)21-11-5-2-6-12-21/h1-19,26-29H. The molecule has 2 unspecified atom stereocenters. The summed E-state index contributed by atoms with van der Waals surface area (Å²) in [7, 11) is 0. The van der Waals surface area contributed by atoms with Crippen LogP contribution < -0.4 is 0 Å². The lowest BCUT2D eigenvalue weighted by molar-refractivity contribution is 0.863. The third-order valence-electron chi connectivity index (χ3n) is 5.57. The van der Waals surface area contributed by atoms with Gasteiger partial charge in [0.15, 0.2) is 0 Å². The predicted octanol–water partition coefficient (Wildman–Crippen LogP) is 6.10. The lowest BCUT2D eigenvalue weighted by atomic mass is 9.86. The molecule has 0 amide bonds. The number of nitrogens with one attached hydrogen (secondary N) is 2. The van der Waals surface area contributed by atoms with E-state index in [1.807, 2.05) is 24.7 Å². The second-order valence-electron chi connectivity index (χ2n) is 7.45. The maximum atomic E-state index is 4.80. The van der Waals surface area contributed by atoms with Crippen molar-refractivity contribution in [3.8, 4) is 0 Å². The Morgan fingerprint density at radius 3 is 1.67 bits per heavy atom. The van der Waals surface area contributed by atoms with Crippen LogP contribution in [0.2, 0.25) is 0 Å². The van der Waals surface area contributed by atoms with Gasteiger partial charge in [0.05, 0.1) is 11.6 Å². The van der Waals surface area contributed by atoms with Gasteiger partial charge in [0, 0.05) is 35.9 Å². The van der Waals surface area contributed by atoms with Crippen molar-refractivity contribution in [1.29, 1.82) is 0 Å². The summed E-state index contributed by atoms with van der Waals surface area (Å²) in [5.41, 5.74) is 7.06. The molecule has 3 aromatic heterocycles. The Balaban J connectivity index is 1.63. The smallest absolute Gasteiger partial charge is 0.0663 e. The van der Waals surface area contributed by atoms with Gasteiger partial charge in [-0.1, -0.05) is 60.7 Å². The minimum Gasteiger partial charge on any atom is -0.364 e. The van der Waals surface area contributed by atoms with Gasteiger partial charge in [-0.15, -0.1) is 0 Å². The minimum atomic E-state index is 0.0567. The van der Waals surface area contributed by atoms with E-state index < -0.39 is 0 Å². The third-order valence-corrected chi connectivity index (χ3v) is 5.57. The van der Waals surface area contributed by atoms with Crippen LogP contribution in [-0.4, -0.2) is 15.0 Å². The van der Waals surface area contributed by atoms with Gasteiger partial charge < -0.3 is 9.97 Å². The number of rotatable bonds is 6. The summed E-state index contributed by atoms with van der Waals surface area (Å²) in [4.78, 5) is 11.6. The quantitative estimate of drug-likeness (QED) is 0.362. The predicted molar refractivity (Wildman–Crippen MR) is 121 cm³/mol. The number of hydrogen-bond acceptors (Lipinski definition) is 1. The molecule has 0 bridgehead atoms. The van der Waals surface area contributed by atoms with Crippen LogP contribution in [0, 0.1) is 0 Å². The molecule has 3 heterocycles. The fraction of sp³-hybridized carbons (Fsp3) is 0.0741. The average Bonchev–Trinajstić information content (AvgIpc) is 3.51. The average molecular weight is 390 g/mol. The van der Waals surface area contributed by atoms with Crippen molar-refractivity contribution in [3.63, 3.8) is 0 Å². The molecule has 0 aliphatic heterocycles. The van der Waals surface area contributed by atoms with Crippen LogP contribution in [0.5, 0.6) is 0 Å². The zero-order chi connectivity index (χ0) is 20.2. The highest BCUT2D eigenvalue weighted by molar-refractivity contribution is 5.44. The van der Waals surface area contributed by atoms with Crippen molar-refractivity contribution in [2.75, 3.05) is 0 Å². The van der Waals surface area contributed by atoms with Crippen LogP contribution in [0.3, 0.4) is 0 Å². The molecule has 0 spiro atoms. The summed E-state index contributed by atoms with van der Waals surface area (Å²) >= 11 is 0. The monoisotopic (exact) mass is 389 g/mol. The van der Waals surface area contributed by atoms with Crippen molar-refractivity contribution < 1.29 is 0 Å². The fourth-order valence-electron chi connectivity index (χ4n) is 4.20. The highest BCUT2D eigenvalue weighted by Gasteiger charge is 2.22. The lowest BCUT2D eigenvalue weighted by Crippen LogP contribution is -2.09. The number of benzene rings is 2. The first-order chi connectivity index (χ1) is 14.9. The van der Waals surface area contributed by atoms with Crippen LogP contribution in [0.1, 0.15) is 45.6 Å². The maximum absolute atomic E-state index is 4.80. The SMILES string of the molecule is c1ccc(C(c2ccnc(C(c3ccccc3)c3ccc[nH]3)c2)c2ccc[nH]2)cc1. The van der Waals surface area contributed by atoms with Crippen LogP contribution in [0.15, 0.2) is 116 Å². The van der Waals surface area contributed by atoms with Gasteiger partial charge in [0.2, 0.25) is 0 Å². The molecule has 5 rings (SSSR count). The van der Waals surface area contributed by atoms with Gasteiger partial charge >= 0.3 is 0 Å². The van der Waals surface area contributed by atoms with Gasteiger partial charge in [-0.2, -0.15) is 0 Å². The molecule has 2 atom stereocenters. The number of H-pyrrole nitrogens is 2. The third kappa shape index (κ3) is 3.58. The Bertz CT molecular complexity index is 1080. The van der Waals surface area contributed by atoms with E-state index in [9.17, 15) is 0 Å². The summed E-state index contributed by atoms with van der Waals surface area (Å²) < 4.78 is 0. The van der Waals surface area contributed by atoms with E-state index >= 15 is 0 Å². The molecule has 0 aliphatic rings. The summed E-state index contributed by atoms with van der Waals surface area (Å²) in [6.45, 7) is 0. The molecule has 3 heteroatoms. The van der Waals surface area contributed by atoms with E-state index in [1.54, 1.807) is 0 Å². The number of nitrogens with zero attached hydrogens (tertiary/aromatic N) is 1. The Morgan fingerprint density at radius 1 is 0.533 bits per heavy atom. The van der Waals surface area contributed by atoms with Gasteiger partial charge in [-0.05, 0) is 53.1 Å². The molecular weight excluding hydrogens is 366 g/mol. The van der Waals surface area contributed by atoms with Gasteiger partial charge in [0.1, 0.15) is 0 Å². The van der Waals surface area contributed by atoms with E-state index in [-0.39, 0.29) is 11.8 Å². The first kappa shape index (κ1) is 18.2. The molecule has 30 heavy (non-hydrogen) atoms. The fourth-order valence-corrected chi connectivity index (χ4v) is 4.20. The van der Waals surface area contributed by atoms with E-state index in [0.717, 1.165) is 11.4 Å². The summed E-state index contributed by atoms with van der Waals surface area (Å²) in [6, 6.07) is 33.9. The molecule has 2 aromatic carbocycles. The Kier molecular flexibility index (Phi) is 5.01.